The molecule has 1 rings (SSSR count). The first-order valence-corrected chi connectivity index (χ1v) is 3.90. The van der Waals surface area contributed by atoms with Gasteiger partial charge in [-0.25, -0.2) is 10.0 Å². The number of amides is 1. The zero-order chi connectivity index (χ0) is 8.27. The highest BCUT2D eigenvalue weighted by Gasteiger charge is 2.11. The molecule has 0 aromatic carbocycles. The smallest absolute Gasteiger partial charge is 0.274 e. The fraction of sp³-hybridized carbons (Fsp3) is 0.333. The van der Waals surface area contributed by atoms with E-state index < -0.39 is 0 Å². The molecule has 0 fully saturated rings. The maximum Gasteiger partial charge on any atom is 0.296 e. The summed E-state index contributed by atoms with van der Waals surface area (Å²) in [7, 11) is 2.98. The average Bonchev–Trinajstić information content (AvgIpc) is 2.53. The number of thiazole rings is 1. The lowest BCUT2D eigenvalue weighted by atomic mass is 10.5. The topological polar surface area (TPSA) is 42.4 Å². The molecule has 5 heteroatoms. The van der Waals surface area contributed by atoms with E-state index in [1.807, 2.05) is 0 Å². The summed E-state index contributed by atoms with van der Waals surface area (Å²) in [5.41, 5.74) is 2.02. The van der Waals surface area contributed by atoms with E-state index >= 15 is 0 Å². The second-order valence-corrected chi connectivity index (χ2v) is 2.58. The lowest BCUT2D eigenvalue weighted by Crippen LogP contribution is -2.25. The van der Waals surface area contributed by atoms with Crippen LogP contribution in [-0.2, 0) is 4.84 Å². The quantitative estimate of drug-likeness (QED) is 0.619. The van der Waals surface area contributed by atoms with Crippen LogP contribution in [0.2, 0.25) is 0 Å². The summed E-state index contributed by atoms with van der Waals surface area (Å²) in [6.45, 7) is 0. The molecule has 0 atom stereocenters. The normalized spacial score (nSPS) is 9.64. The Morgan fingerprint density at radius 1 is 1.82 bits per heavy atom. The van der Waals surface area contributed by atoms with Crippen molar-refractivity contribution in [1.29, 1.82) is 0 Å². The molecule has 0 aliphatic carbocycles. The minimum atomic E-state index is -0.228. The van der Waals surface area contributed by atoms with Gasteiger partial charge in [-0.05, 0) is 0 Å². The molecule has 1 heterocycles. The van der Waals surface area contributed by atoms with Gasteiger partial charge in [-0.3, -0.25) is 9.63 Å². The average molecular weight is 172 g/mol. The van der Waals surface area contributed by atoms with Crippen LogP contribution in [0.15, 0.2) is 10.9 Å². The molecule has 1 amide bonds. The van der Waals surface area contributed by atoms with Gasteiger partial charge in [-0.15, -0.1) is 11.3 Å². The zero-order valence-corrected chi connectivity index (χ0v) is 7.09. The van der Waals surface area contributed by atoms with Crippen molar-refractivity contribution >= 4 is 17.2 Å². The molecular weight excluding hydrogens is 164 g/mol. The minimum Gasteiger partial charge on any atom is -0.274 e. The Hall–Kier alpha value is -0.940. The van der Waals surface area contributed by atoms with Crippen molar-refractivity contribution in [3.63, 3.8) is 0 Å². The summed E-state index contributed by atoms with van der Waals surface area (Å²) < 4.78 is 0. The lowest BCUT2D eigenvalue weighted by Gasteiger charge is -2.10. The molecule has 1 aromatic rings. The first kappa shape index (κ1) is 8.16. The first-order valence-electron chi connectivity index (χ1n) is 2.96. The largest absolute Gasteiger partial charge is 0.296 e. The van der Waals surface area contributed by atoms with Gasteiger partial charge in [0.05, 0.1) is 12.6 Å². The predicted octanol–water partition coefficient (Wildman–Crippen LogP) is 0.776. The zero-order valence-electron chi connectivity index (χ0n) is 6.27. The Morgan fingerprint density at radius 3 is 3.00 bits per heavy atom. The SMILES string of the molecule is CON(C)C(=O)c1cscn1. The van der Waals surface area contributed by atoms with Crippen LogP contribution in [0, 0.1) is 0 Å². The van der Waals surface area contributed by atoms with Crippen molar-refractivity contribution in [3.05, 3.63) is 16.6 Å². The van der Waals surface area contributed by atoms with Gasteiger partial charge in [0.25, 0.3) is 5.91 Å². The Kier molecular flexibility index (Phi) is 2.56. The molecule has 0 unspecified atom stereocenters. The molecule has 0 aliphatic rings. The Labute approximate surface area is 68.4 Å². The second-order valence-electron chi connectivity index (χ2n) is 1.86. The van der Waals surface area contributed by atoms with Crippen molar-refractivity contribution in [2.75, 3.05) is 14.2 Å². The molecule has 0 N–H and O–H groups in total. The molecule has 0 radical (unpaired) electrons. The molecule has 0 aliphatic heterocycles. The summed E-state index contributed by atoms with van der Waals surface area (Å²) >= 11 is 1.38. The van der Waals surface area contributed by atoms with E-state index in [1.165, 1.54) is 18.4 Å². The number of nitrogens with zero attached hydrogens (tertiary/aromatic N) is 2. The number of hydroxylamine groups is 2. The monoisotopic (exact) mass is 172 g/mol. The van der Waals surface area contributed by atoms with Gasteiger partial charge in [0.15, 0.2) is 0 Å². The third-order valence-corrected chi connectivity index (χ3v) is 1.80. The summed E-state index contributed by atoms with van der Waals surface area (Å²) in [5.74, 6) is -0.228. The van der Waals surface area contributed by atoms with Crippen LogP contribution in [0.4, 0.5) is 0 Å². The van der Waals surface area contributed by atoms with Crippen molar-refractivity contribution in [1.82, 2.24) is 10.0 Å². The van der Waals surface area contributed by atoms with E-state index in [1.54, 1.807) is 17.9 Å². The fourth-order valence-electron chi connectivity index (χ4n) is 0.562. The van der Waals surface area contributed by atoms with Gasteiger partial charge in [-0.2, -0.15) is 0 Å². The Morgan fingerprint density at radius 2 is 2.55 bits per heavy atom. The number of carbonyl (C=O) groups excluding carboxylic acids is 1. The fourth-order valence-corrected chi connectivity index (χ4v) is 1.09. The number of hydrogen-bond donors (Lipinski definition) is 0. The van der Waals surface area contributed by atoms with E-state index in [0.29, 0.717) is 5.69 Å². The molecule has 0 saturated carbocycles. The number of aromatic nitrogens is 1. The predicted molar refractivity (Wildman–Crippen MR) is 41.2 cm³/mol. The molecule has 1 aromatic heterocycles. The molecule has 0 bridgehead atoms. The molecule has 0 spiro atoms. The van der Waals surface area contributed by atoms with Crippen LogP contribution in [0.1, 0.15) is 10.5 Å². The van der Waals surface area contributed by atoms with E-state index in [9.17, 15) is 4.79 Å². The maximum absolute atomic E-state index is 11.2. The van der Waals surface area contributed by atoms with Crippen LogP contribution in [-0.4, -0.2) is 30.1 Å². The molecule has 4 nitrogen and oxygen atoms in total. The summed E-state index contributed by atoms with van der Waals surface area (Å²) in [4.78, 5) is 19.7. The summed E-state index contributed by atoms with van der Waals surface area (Å²) in [6, 6.07) is 0. The minimum absolute atomic E-state index is 0.228. The Balaban J connectivity index is 2.70. The highest BCUT2D eigenvalue weighted by molar-refractivity contribution is 7.07. The van der Waals surface area contributed by atoms with E-state index in [2.05, 4.69) is 9.82 Å². The highest BCUT2D eigenvalue weighted by Crippen LogP contribution is 2.03. The second kappa shape index (κ2) is 3.45. The molecule has 11 heavy (non-hydrogen) atoms. The van der Waals surface area contributed by atoms with Gasteiger partial charge in [0, 0.05) is 12.4 Å². The van der Waals surface area contributed by atoms with Crippen molar-refractivity contribution < 1.29 is 9.63 Å². The van der Waals surface area contributed by atoms with E-state index in [-0.39, 0.29) is 5.91 Å². The number of carbonyl (C=O) groups is 1. The van der Waals surface area contributed by atoms with Crippen LogP contribution in [0.3, 0.4) is 0 Å². The van der Waals surface area contributed by atoms with E-state index in [0.717, 1.165) is 5.06 Å². The van der Waals surface area contributed by atoms with Crippen LogP contribution in [0.5, 0.6) is 0 Å². The van der Waals surface area contributed by atoms with Gasteiger partial charge < -0.3 is 0 Å². The van der Waals surface area contributed by atoms with Crippen LogP contribution >= 0.6 is 11.3 Å². The van der Waals surface area contributed by atoms with Gasteiger partial charge in [0.1, 0.15) is 5.69 Å². The van der Waals surface area contributed by atoms with Crippen molar-refractivity contribution in [3.8, 4) is 0 Å². The summed E-state index contributed by atoms with van der Waals surface area (Å²) in [6.07, 6.45) is 0. The molecule has 60 valence electrons. The van der Waals surface area contributed by atoms with E-state index in [4.69, 9.17) is 0 Å². The van der Waals surface area contributed by atoms with Crippen LogP contribution in [0.25, 0.3) is 0 Å². The number of rotatable bonds is 2. The third-order valence-electron chi connectivity index (χ3n) is 1.21. The maximum atomic E-state index is 11.2. The summed E-state index contributed by atoms with van der Waals surface area (Å²) in [5, 5.41) is 2.81. The Bertz CT molecular complexity index is 235. The van der Waals surface area contributed by atoms with Gasteiger partial charge in [-0.1, -0.05) is 0 Å². The first-order chi connectivity index (χ1) is 5.25. The number of hydrogen-bond acceptors (Lipinski definition) is 4. The third kappa shape index (κ3) is 1.75. The lowest BCUT2D eigenvalue weighted by molar-refractivity contribution is -0.0760. The van der Waals surface area contributed by atoms with Crippen molar-refractivity contribution in [2.45, 2.75) is 0 Å². The van der Waals surface area contributed by atoms with Crippen molar-refractivity contribution in [2.24, 2.45) is 0 Å². The van der Waals surface area contributed by atoms with Gasteiger partial charge >= 0.3 is 0 Å². The van der Waals surface area contributed by atoms with Crippen LogP contribution < -0.4 is 0 Å². The standard InChI is InChI=1S/C6H8N2O2S/c1-8(10-2)6(9)5-3-11-4-7-5/h3-4H,1-2H3. The highest BCUT2D eigenvalue weighted by atomic mass is 32.1. The molecule has 0 saturated heterocycles. The molecular formula is C6H8N2O2S. The van der Waals surface area contributed by atoms with Gasteiger partial charge in [0.2, 0.25) is 0 Å².